The summed E-state index contributed by atoms with van der Waals surface area (Å²) in [7, 11) is 0. The number of hydrogen-bond donors (Lipinski definition) is 1. The molecular weight excluding hydrogens is 248 g/mol. The highest BCUT2D eigenvalue weighted by Crippen LogP contribution is 2.27. The van der Waals surface area contributed by atoms with E-state index in [-0.39, 0.29) is 0 Å². The summed E-state index contributed by atoms with van der Waals surface area (Å²) >= 11 is 0. The van der Waals surface area contributed by atoms with Gasteiger partial charge in [-0.3, -0.25) is 9.80 Å². The van der Waals surface area contributed by atoms with Gasteiger partial charge in [0.25, 0.3) is 0 Å². The molecule has 0 heterocycles. The fourth-order valence-electron chi connectivity index (χ4n) is 2.55. The number of benzene rings is 1. The van der Waals surface area contributed by atoms with Crippen LogP contribution in [0, 0.1) is 6.92 Å². The molecule has 0 saturated heterocycles. The first-order valence-electron chi connectivity index (χ1n) is 7.81. The Labute approximate surface area is 124 Å². The first kappa shape index (κ1) is 17.0. The number of hydrogen-bond acceptors (Lipinski definition) is 3. The van der Waals surface area contributed by atoms with Crippen molar-refractivity contribution in [3.8, 4) is 5.75 Å². The Bertz CT molecular complexity index is 374. The normalized spacial score (nSPS) is 11.6. The van der Waals surface area contributed by atoms with Gasteiger partial charge in [0.15, 0.2) is 0 Å². The average Bonchev–Trinajstić information content (AvgIpc) is 2.46. The lowest BCUT2D eigenvalue weighted by Gasteiger charge is -2.23. The molecule has 0 aromatic heterocycles. The van der Waals surface area contributed by atoms with Crippen molar-refractivity contribution >= 4 is 0 Å². The number of aryl methyl sites for hydroxylation is 1. The Balaban J connectivity index is 2.99. The van der Waals surface area contributed by atoms with Crippen LogP contribution in [0.25, 0.3) is 0 Å². The van der Waals surface area contributed by atoms with Crippen LogP contribution in [-0.4, -0.2) is 41.1 Å². The molecule has 3 heteroatoms. The Kier molecular flexibility index (Phi) is 7.03. The minimum atomic E-state index is 0.481. The zero-order chi connectivity index (χ0) is 15.1. The molecule has 1 N–H and O–H groups in total. The molecular formula is C17H30N2O. The number of nitrogens with zero attached hydrogens (tertiary/aromatic N) is 2. The van der Waals surface area contributed by atoms with E-state index in [0.29, 0.717) is 5.75 Å². The second kappa shape index (κ2) is 8.28. The molecule has 0 spiro atoms. The lowest BCUT2D eigenvalue weighted by atomic mass is 10.0. The lowest BCUT2D eigenvalue weighted by molar-refractivity contribution is 0.281. The summed E-state index contributed by atoms with van der Waals surface area (Å²) < 4.78 is 0. The molecule has 20 heavy (non-hydrogen) atoms. The van der Waals surface area contributed by atoms with Gasteiger partial charge < -0.3 is 5.11 Å². The largest absolute Gasteiger partial charge is 0.507 e. The van der Waals surface area contributed by atoms with Crippen LogP contribution in [0.2, 0.25) is 0 Å². The van der Waals surface area contributed by atoms with Crippen LogP contribution in [0.5, 0.6) is 5.75 Å². The van der Waals surface area contributed by atoms with E-state index >= 15 is 0 Å². The first-order valence-corrected chi connectivity index (χ1v) is 7.81. The molecule has 0 amide bonds. The summed E-state index contributed by atoms with van der Waals surface area (Å²) in [6.07, 6.45) is 0. The van der Waals surface area contributed by atoms with Crippen molar-refractivity contribution < 1.29 is 5.11 Å². The summed E-state index contributed by atoms with van der Waals surface area (Å²) in [5, 5.41) is 10.5. The van der Waals surface area contributed by atoms with Crippen LogP contribution in [0.15, 0.2) is 12.1 Å². The molecule has 1 aromatic carbocycles. The molecule has 0 aliphatic heterocycles. The van der Waals surface area contributed by atoms with Gasteiger partial charge in [0.2, 0.25) is 0 Å². The van der Waals surface area contributed by atoms with Crippen LogP contribution in [0.4, 0.5) is 0 Å². The smallest absolute Gasteiger partial charge is 0.124 e. The van der Waals surface area contributed by atoms with Crippen molar-refractivity contribution in [1.82, 2.24) is 9.80 Å². The van der Waals surface area contributed by atoms with E-state index in [1.807, 2.05) is 0 Å². The SMILES string of the molecule is CCN(CC)Cc1cc(C)cc(CN(CC)CC)c1O. The van der Waals surface area contributed by atoms with E-state index in [1.54, 1.807) is 0 Å². The molecule has 0 fully saturated rings. The van der Waals surface area contributed by atoms with Crippen molar-refractivity contribution in [3.63, 3.8) is 0 Å². The van der Waals surface area contributed by atoms with Crippen LogP contribution >= 0.6 is 0 Å². The second-order valence-electron chi connectivity index (χ2n) is 5.35. The molecule has 3 nitrogen and oxygen atoms in total. The topological polar surface area (TPSA) is 26.7 Å². The van der Waals surface area contributed by atoms with E-state index in [9.17, 15) is 5.11 Å². The summed E-state index contributed by atoms with van der Waals surface area (Å²) in [6, 6.07) is 4.22. The summed E-state index contributed by atoms with van der Waals surface area (Å²) in [6.45, 7) is 16.4. The third-order valence-electron chi connectivity index (χ3n) is 3.99. The minimum absolute atomic E-state index is 0.481. The third-order valence-corrected chi connectivity index (χ3v) is 3.99. The Hall–Kier alpha value is -1.06. The molecule has 0 unspecified atom stereocenters. The van der Waals surface area contributed by atoms with Crippen molar-refractivity contribution in [2.24, 2.45) is 0 Å². The monoisotopic (exact) mass is 278 g/mol. The molecule has 0 atom stereocenters. The fourth-order valence-corrected chi connectivity index (χ4v) is 2.55. The lowest BCUT2D eigenvalue weighted by Crippen LogP contribution is -2.24. The standard InChI is InChI=1S/C17H30N2O/c1-6-18(7-2)12-15-10-14(5)11-16(17(15)20)13-19(8-3)9-4/h10-11,20H,6-9,12-13H2,1-5H3. The van der Waals surface area contributed by atoms with Crippen LogP contribution in [0.1, 0.15) is 44.4 Å². The van der Waals surface area contributed by atoms with Gasteiger partial charge in [-0.15, -0.1) is 0 Å². The van der Waals surface area contributed by atoms with Gasteiger partial charge in [0.1, 0.15) is 5.75 Å². The highest BCUT2D eigenvalue weighted by atomic mass is 16.3. The predicted octanol–water partition coefficient (Wildman–Crippen LogP) is 3.38. The summed E-state index contributed by atoms with van der Waals surface area (Å²) in [4.78, 5) is 4.66. The zero-order valence-corrected chi connectivity index (χ0v) is 13.7. The quantitative estimate of drug-likeness (QED) is 0.789. The maximum Gasteiger partial charge on any atom is 0.124 e. The van der Waals surface area contributed by atoms with Gasteiger partial charge in [-0.2, -0.15) is 0 Å². The van der Waals surface area contributed by atoms with Gasteiger partial charge in [-0.25, -0.2) is 0 Å². The van der Waals surface area contributed by atoms with Crippen LogP contribution in [0.3, 0.4) is 0 Å². The van der Waals surface area contributed by atoms with Crippen LogP contribution < -0.4 is 0 Å². The summed E-state index contributed by atoms with van der Waals surface area (Å²) in [5.41, 5.74) is 3.33. The van der Waals surface area contributed by atoms with Crippen molar-refractivity contribution in [2.75, 3.05) is 26.2 Å². The second-order valence-corrected chi connectivity index (χ2v) is 5.35. The summed E-state index contributed by atoms with van der Waals surface area (Å²) in [5.74, 6) is 0.481. The molecule has 0 radical (unpaired) electrons. The molecule has 1 rings (SSSR count). The Morgan fingerprint density at radius 3 is 1.45 bits per heavy atom. The molecule has 0 aliphatic carbocycles. The fraction of sp³-hybridized carbons (Fsp3) is 0.647. The highest BCUT2D eigenvalue weighted by molar-refractivity contribution is 5.43. The Morgan fingerprint density at radius 1 is 0.800 bits per heavy atom. The zero-order valence-electron chi connectivity index (χ0n) is 13.7. The van der Waals surface area contributed by atoms with Gasteiger partial charge >= 0.3 is 0 Å². The van der Waals surface area contributed by atoms with Crippen molar-refractivity contribution in [3.05, 3.63) is 28.8 Å². The number of phenols is 1. The highest BCUT2D eigenvalue weighted by Gasteiger charge is 2.13. The van der Waals surface area contributed by atoms with E-state index in [2.05, 4.69) is 56.6 Å². The van der Waals surface area contributed by atoms with E-state index in [4.69, 9.17) is 0 Å². The Morgan fingerprint density at radius 2 is 1.15 bits per heavy atom. The van der Waals surface area contributed by atoms with Gasteiger partial charge in [0, 0.05) is 24.2 Å². The number of aromatic hydroxyl groups is 1. The van der Waals surface area contributed by atoms with E-state index in [1.165, 1.54) is 5.56 Å². The number of phenolic OH excluding ortho intramolecular Hbond substituents is 1. The maximum atomic E-state index is 10.5. The molecule has 0 saturated carbocycles. The van der Waals surface area contributed by atoms with Crippen molar-refractivity contribution in [1.29, 1.82) is 0 Å². The van der Waals surface area contributed by atoms with E-state index in [0.717, 1.165) is 50.4 Å². The van der Waals surface area contributed by atoms with Gasteiger partial charge in [-0.1, -0.05) is 45.4 Å². The minimum Gasteiger partial charge on any atom is -0.507 e. The predicted molar refractivity (Wildman–Crippen MR) is 86.1 cm³/mol. The molecule has 1 aromatic rings. The van der Waals surface area contributed by atoms with Gasteiger partial charge in [-0.05, 0) is 33.1 Å². The third kappa shape index (κ3) is 4.50. The van der Waals surface area contributed by atoms with Crippen LogP contribution in [-0.2, 0) is 13.1 Å². The molecule has 0 aliphatic rings. The maximum absolute atomic E-state index is 10.5. The van der Waals surface area contributed by atoms with Gasteiger partial charge in [0.05, 0.1) is 0 Å². The van der Waals surface area contributed by atoms with E-state index < -0.39 is 0 Å². The van der Waals surface area contributed by atoms with Crippen molar-refractivity contribution in [2.45, 2.75) is 47.7 Å². The molecule has 0 bridgehead atoms. The first-order chi connectivity index (χ1) is 9.55. The number of rotatable bonds is 8. The molecule has 114 valence electrons. The average molecular weight is 278 g/mol.